The van der Waals surface area contributed by atoms with Crippen LogP contribution < -0.4 is 15.0 Å². The maximum Gasteiger partial charge on any atom is 0.223 e. The fraction of sp³-hybridized carbons (Fsp3) is 0.450. The maximum atomic E-state index is 12.2. The summed E-state index contributed by atoms with van der Waals surface area (Å²) in [6.07, 6.45) is 5.85. The van der Waals surface area contributed by atoms with Gasteiger partial charge >= 0.3 is 0 Å². The van der Waals surface area contributed by atoms with Crippen molar-refractivity contribution in [2.24, 2.45) is 0 Å². The number of carbonyl (C=O) groups excluding carboxylic acids is 1. The molecule has 0 spiro atoms. The zero-order chi connectivity index (χ0) is 17.3. The summed E-state index contributed by atoms with van der Waals surface area (Å²) in [5.74, 6) is 1.77. The number of hydrogen-bond donors (Lipinski definition) is 2. The minimum Gasteiger partial charge on any atom is -0.493 e. The summed E-state index contributed by atoms with van der Waals surface area (Å²) in [6, 6.07) is 13.7. The molecular weight excluding hydrogens is 316 g/mol. The van der Waals surface area contributed by atoms with E-state index in [4.69, 9.17) is 9.15 Å². The van der Waals surface area contributed by atoms with E-state index in [0.29, 0.717) is 19.6 Å². The van der Waals surface area contributed by atoms with Gasteiger partial charge in [0.25, 0.3) is 0 Å². The van der Waals surface area contributed by atoms with E-state index in [2.05, 4.69) is 5.32 Å². The minimum atomic E-state index is 0.0175. The lowest BCUT2D eigenvalue weighted by Gasteiger charge is -2.30. The van der Waals surface area contributed by atoms with Crippen LogP contribution in [0.15, 0.2) is 53.1 Å². The van der Waals surface area contributed by atoms with Crippen LogP contribution in [0.2, 0.25) is 0 Å². The highest BCUT2D eigenvalue weighted by Gasteiger charge is 2.28. The van der Waals surface area contributed by atoms with Gasteiger partial charge in [-0.15, -0.1) is 0 Å². The lowest BCUT2D eigenvalue weighted by molar-refractivity contribution is -0.936. The quantitative estimate of drug-likeness (QED) is 0.771. The minimum absolute atomic E-state index is 0.0175. The van der Waals surface area contributed by atoms with Crippen LogP contribution in [0, 0.1) is 0 Å². The number of nitrogens with one attached hydrogen (secondary N) is 2. The van der Waals surface area contributed by atoms with Gasteiger partial charge in [-0.25, -0.2) is 0 Å². The number of amides is 1. The van der Waals surface area contributed by atoms with Crippen molar-refractivity contribution in [1.29, 1.82) is 0 Å². The summed E-state index contributed by atoms with van der Waals surface area (Å²) in [6.45, 7) is 3.27. The zero-order valence-electron chi connectivity index (χ0n) is 14.6. The average Bonchev–Trinajstić information content (AvgIpc) is 3.18. The molecule has 25 heavy (non-hydrogen) atoms. The van der Waals surface area contributed by atoms with E-state index in [1.54, 1.807) is 6.26 Å². The Balaban J connectivity index is 1.46. The van der Waals surface area contributed by atoms with Crippen LogP contribution >= 0.6 is 0 Å². The molecule has 1 aromatic heterocycles. The third-order valence-corrected chi connectivity index (χ3v) is 4.72. The van der Waals surface area contributed by atoms with Crippen LogP contribution in [0.3, 0.4) is 0 Å². The van der Waals surface area contributed by atoms with E-state index in [1.165, 1.54) is 24.2 Å². The molecule has 2 aromatic rings. The number of quaternary nitrogens is 1. The van der Waals surface area contributed by atoms with Crippen molar-refractivity contribution in [2.45, 2.75) is 31.7 Å². The molecule has 3 rings (SSSR count). The molecule has 0 saturated carbocycles. The standard InChI is InChI=1S/C20H26N2O3/c23-20(11-15-24-17-8-3-1-4-9-17)21-16-18(19-10-7-14-25-19)22-12-5-2-6-13-22/h1,3-4,7-10,14,18H,2,5-6,11-13,15-16H2,(H,21,23)/p+1/t18-/m1/s1. The smallest absolute Gasteiger partial charge is 0.223 e. The second-order valence-electron chi connectivity index (χ2n) is 6.50. The Morgan fingerprint density at radius 2 is 1.92 bits per heavy atom. The molecule has 134 valence electrons. The predicted molar refractivity (Wildman–Crippen MR) is 95.6 cm³/mol. The molecule has 5 nitrogen and oxygen atoms in total. The third-order valence-electron chi connectivity index (χ3n) is 4.72. The fourth-order valence-corrected chi connectivity index (χ4v) is 3.37. The molecule has 0 aliphatic carbocycles. The highest BCUT2D eigenvalue weighted by Crippen LogP contribution is 2.12. The van der Waals surface area contributed by atoms with Crippen LogP contribution in [0.5, 0.6) is 5.75 Å². The second-order valence-corrected chi connectivity index (χ2v) is 6.50. The van der Waals surface area contributed by atoms with E-state index in [9.17, 15) is 4.79 Å². The first-order chi connectivity index (χ1) is 12.3. The number of ether oxygens (including phenoxy) is 1. The molecule has 5 heteroatoms. The third kappa shape index (κ3) is 5.36. The lowest BCUT2D eigenvalue weighted by Crippen LogP contribution is -3.13. The Bertz CT molecular complexity index is 622. The number of piperidine rings is 1. The zero-order valence-corrected chi connectivity index (χ0v) is 14.6. The van der Waals surface area contributed by atoms with Gasteiger partial charge in [0.15, 0.2) is 11.8 Å². The van der Waals surface area contributed by atoms with Crippen LogP contribution in [0.25, 0.3) is 0 Å². The van der Waals surface area contributed by atoms with Crippen molar-refractivity contribution in [1.82, 2.24) is 5.32 Å². The summed E-state index contributed by atoms with van der Waals surface area (Å²) < 4.78 is 11.2. The molecule has 0 bridgehead atoms. The van der Waals surface area contributed by atoms with Gasteiger partial charge in [0.2, 0.25) is 5.91 Å². The molecular formula is C20H27N2O3+. The highest BCUT2D eigenvalue weighted by molar-refractivity contribution is 5.76. The van der Waals surface area contributed by atoms with Gasteiger partial charge in [-0.05, 0) is 43.5 Å². The molecule has 2 N–H and O–H groups in total. The van der Waals surface area contributed by atoms with Crippen LogP contribution in [0.4, 0.5) is 0 Å². The summed E-state index contributed by atoms with van der Waals surface area (Å²) in [4.78, 5) is 13.7. The van der Waals surface area contributed by atoms with Gasteiger partial charge in [-0.3, -0.25) is 4.79 Å². The summed E-state index contributed by atoms with van der Waals surface area (Å²) >= 11 is 0. The van der Waals surface area contributed by atoms with Crippen LogP contribution in [0.1, 0.15) is 37.5 Å². The maximum absolute atomic E-state index is 12.2. The molecule has 1 amide bonds. The van der Waals surface area contributed by atoms with E-state index in [-0.39, 0.29) is 11.9 Å². The van der Waals surface area contributed by atoms with Gasteiger partial charge in [0, 0.05) is 0 Å². The summed E-state index contributed by atoms with van der Waals surface area (Å²) in [5.41, 5.74) is 0. The first kappa shape index (κ1) is 17.5. The van der Waals surface area contributed by atoms with Gasteiger partial charge in [-0.1, -0.05) is 18.2 Å². The first-order valence-corrected chi connectivity index (χ1v) is 9.15. The number of carbonyl (C=O) groups is 1. The Morgan fingerprint density at radius 1 is 1.12 bits per heavy atom. The van der Waals surface area contributed by atoms with Crippen molar-refractivity contribution in [3.05, 3.63) is 54.5 Å². The molecule has 1 fully saturated rings. The van der Waals surface area contributed by atoms with Gasteiger partial charge in [-0.2, -0.15) is 0 Å². The molecule has 1 aliphatic heterocycles. The van der Waals surface area contributed by atoms with Crippen molar-refractivity contribution < 1.29 is 18.8 Å². The normalized spacial score (nSPS) is 16.3. The Kier molecular flexibility index (Phi) is 6.51. The second kappa shape index (κ2) is 9.28. The number of likely N-dealkylation sites (tertiary alicyclic amines) is 1. The number of benzene rings is 1. The number of para-hydroxylation sites is 1. The van der Waals surface area contributed by atoms with E-state index < -0.39 is 0 Å². The molecule has 2 heterocycles. The summed E-state index contributed by atoms with van der Waals surface area (Å²) in [5, 5.41) is 3.05. The summed E-state index contributed by atoms with van der Waals surface area (Å²) in [7, 11) is 0. The van der Waals surface area contributed by atoms with Gasteiger partial charge in [0.05, 0.1) is 38.9 Å². The van der Waals surface area contributed by atoms with Crippen molar-refractivity contribution in [3.63, 3.8) is 0 Å². The largest absolute Gasteiger partial charge is 0.493 e. The van der Waals surface area contributed by atoms with E-state index in [0.717, 1.165) is 24.6 Å². The molecule has 0 radical (unpaired) electrons. The van der Waals surface area contributed by atoms with Crippen molar-refractivity contribution in [3.8, 4) is 5.75 Å². The van der Waals surface area contributed by atoms with Crippen LogP contribution in [-0.2, 0) is 4.79 Å². The fourth-order valence-electron chi connectivity index (χ4n) is 3.37. The van der Waals surface area contributed by atoms with E-state index >= 15 is 0 Å². The Hall–Kier alpha value is -2.27. The molecule has 0 unspecified atom stereocenters. The first-order valence-electron chi connectivity index (χ1n) is 9.15. The molecule has 1 aromatic carbocycles. The Labute approximate surface area is 149 Å². The molecule has 1 aliphatic rings. The number of furan rings is 1. The predicted octanol–water partition coefficient (Wildman–Crippen LogP) is 1.97. The van der Waals surface area contributed by atoms with Crippen molar-refractivity contribution >= 4 is 5.91 Å². The average molecular weight is 343 g/mol. The topological polar surface area (TPSA) is 55.9 Å². The van der Waals surface area contributed by atoms with Crippen molar-refractivity contribution in [2.75, 3.05) is 26.2 Å². The van der Waals surface area contributed by atoms with Crippen LogP contribution in [-0.4, -0.2) is 32.1 Å². The monoisotopic (exact) mass is 343 g/mol. The molecule has 1 atom stereocenters. The van der Waals surface area contributed by atoms with Gasteiger partial charge in [0.1, 0.15) is 5.75 Å². The Morgan fingerprint density at radius 3 is 2.64 bits per heavy atom. The van der Waals surface area contributed by atoms with Gasteiger partial charge < -0.3 is 19.4 Å². The highest BCUT2D eigenvalue weighted by atomic mass is 16.5. The number of hydrogen-bond acceptors (Lipinski definition) is 3. The van der Waals surface area contributed by atoms with E-state index in [1.807, 2.05) is 42.5 Å². The lowest BCUT2D eigenvalue weighted by atomic mass is 10.1. The number of rotatable bonds is 8. The molecule has 1 saturated heterocycles. The SMILES string of the molecule is O=C(CCOc1ccccc1)NC[C@H](c1ccco1)[NH+]1CCCCC1.